The smallest absolute Gasteiger partial charge is 0.146 e. The number of hydrogen-bond acceptors (Lipinski definition) is 2. The van der Waals surface area contributed by atoms with E-state index in [2.05, 4.69) is 6.92 Å². The summed E-state index contributed by atoms with van der Waals surface area (Å²) in [6.07, 6.45) is 11.9. The normalized spacial score (nSPS) is 19.7. The van der Waals surface area contributed by atoms with Crippen molar-refractivity contribution in [3.8, 4) is 0 Å². The summed E-state index contributed by atoms with van der Waals surface area (Å²) in [6.45, 7) is 3.88. The van der Waals surface area contributed by atoms with Crippen molar-refractivity contribution >= 4 is 5.78 Å². The Morgan fingerprint density at radius 2 is 1.94 bits per heavy atom. The first-order valence-electron chi connectivity index (χ1n) is 7.35. The Bertz CT molecular complexity index is 223. The van der Waals surface area contributed by atoms with Crippen molar-refractivity contribution in [1.82, 2.24) is 0 Å². The maximum Gasteiger partial charge on any atom is 0.146 e. The van der Waals surface area contributed by atoms with Gasteiger partial charge in [-0.05, 0) is 31.6 Å². The van der Waals surface area contributed by atoms with E-state index in [1.807, 2.05) is 0 Å². The van der Waals surface area contributed by atoms with Gasteiger partial charge in [-0.15, -0.1) is 0 Å². The number of nitrogens with two attached hydrogens (primary N) is 1. The van der Waals surface area contributed by atoms with E-state index in [0.717, 1.165) is 24.7 Å². The van der Waals surface area contributed by atoms with Crippen molar-refractivity contribution in [2.75, 3.05) is 0 Å². The van der Waals surface area contributed by atoms with Crippen molar-refractivity contribution in [3.63, 3.8) is 0 Å². The van der Waals surface area contributed by atoms with Crippen molar-refractivity contribution in [2.45, 2.75) is 77.7 Å². The van der Waals surface area contributed by atoms with Crippen LogP contribution in [0.3, 0.4) is 0 Å². The Balaban J connectivity index is 1.92. The number of unbranched alkanes of at least 4 members (excludes halogenated alkanes) is 1. The average Bonchev–Trinajstić information content (AvgIpc) is 2.22. The largest absolute Gasteiger partial charge is 0.322 e. The average molecular weight is 239 g/mol. The fraction of sp³-hybridized carbons (Fsp3) is 0.933. The second-order valence-corrected chi connectivity index (χ2v) is 5.98. The minimum absolute atomic E-state index is 0.127. The summed E-state index contributed by atoms with van der Waals surface area (Å²) < 4.78 is 0. The number of carbonyl (C=O) groups is 1. The summed E-state index contributed by atoms with van der Waals surface area (Å²) in [7, 11) is 0. The van der Waals surface area contributed by atoms with Crippen molar-refractivity contribution < 1.29 is 4.79 Å². The third-order valence-corrected chi connectivity index (χ3v) is 4.28. The van der Waals surface area contributed by atoms with E-state index in [-0.39, 0.29) is 11.8 Å². The SMILES string of the molecule is CC(=O)[C@@H](N)CC[C@@H](C)CCCCC1CCC1. The predicted octanol–water partition coefficient (Wildman–Crippen LogP) is 3.68. The number of rotatable bonds is 9. The molecule has 1 saturated carbocycles. The molecule has 0 amide bonds. The molecule has 17 heavy (non-hydrogen) atoms. The van der Waals surface area contributed by atoms with Crippen LogP contribution in [0.25, 0.3) is 0 Å². The van der Waals surface area contributed by atoms with Crippen molar-refractivity contribution in [1.29, 1.82) is 0 Å². The molecule has 0 aromatic carbocycles. The fourth-order valence-corrected chi connectivity index (χ4v) is 2.52. The van der Waals surface area contributed by atoms with Crippen LogP contribution < -0.4 is 5.73 Å². The van der Waals surface area contributed by atoms with Crippen molar-refractivity contribution in [3.05, 3.63) is 0 Å². The third kappa shape index (κ3) is 6.21. The van der Waals surface area contributed by atoms with Gasteiger partial charge < -0.3 is 5.73 Å². The number of ketones is 1. The molecule has 0 saturated heterocycles. The summed E-state index contributed by atoms with van der Waals surface area (Å²) >= 11 is 0. The molecule has 2 atom stereocenters. The predicted molar refractivity (Wildman–Crippen MR) is 72.9 cm³/mol. The van der Waals surface area contributed by atoms with E-state index in [1.54, 1.807) is 6.92 Å². The molecular formula is C15H29NO. The zero-order valence-electron chi connectivity index (χ0n) is 11.6. The Labute approximate surface area is 106 Å². The number of carbonyl (C=O) groups excluding carboxylic acids is 1. The van der Waals surface area contributed by atoms with Gasteiger partial charge in [0.15, 0.2) is 0 Å². The first kappa shape index (κ1) is 14.7. The van der Waals surface area contributed by atoms with E-state index >= 15 is 0 Å². The lowest BCUT2D eigenvalue weighted by Crippen LogP contribution is -2.28. The van der Waals surface area contributed by atoms with Gasteiger partial charge in [0, 0.05) is 0 Å². The highest BCUT2D eigenvalue weighted by Gasteiger charge is 2.16. The minimum atomic E-state index is -0.229. The van der Waals surface area contributed by atoms with E-state index in [0.29, 0.717) is 0 Å². The molecule has 2 heteroatoms. The topological polar surface area (TPSA) is 43.1 Å². The summed E-state index contributed by atoms with van der Waals surface area (Å²) in [5.41, 5.74) is 5.74. The van der Waals surface area contributed by atoms with Crippen LogP contribution >= 0.6 is 0 Å². The van der Waals surface area contributed by atoms with Gasteiger partial charge in [-0.25, -0.2) is 0 Å². The molecule has 1 aliphatic rings. The molecule has 100 valence electrons. The molecule has 1 rings (SSSR count). The molecular weight excluding hydrogens is 210 g/mol. The summed E-state index contributed by atoms with van der Waals surface area (Å²) in [5.74, 6) is 1.90. The molecule has 0 aromatic rings. The second kappa shape index (κ2) is 7.86. The molecule has 0 bridgehead atoms. The Hall–Kier alpha value is -0.370. The van der Waals surface area contributed by atoms with E-state index in [4.69, 9.17) is 5.73 Å². The summed E-state index contributed by atoms with van der Waals surface area (Å²) in [5, 5.41) is 0. The molecule has 2 N–H and O–H groups in total. The van der Waals surface area contributed by atoms with Gasteiger partial charge in [0.05, 0.1) is 6.04 Å². The molecule has 0 unspecified atom stereocenters. The van der Waals surface area contributed by atoms with Crippen LogP contribution in [0, 0.1) is 11.8 Å². The van der Waals surface area contributed by atoms with Crippen LogP contribution in [-0.4, -0.2) is 11.8 Å². The second-order valence-electron chi connectivity index (χ2n) is 5.98. The quantitative estimate of drug-likeness (QED) is 0.624. The Morgan fingerprint density at radius 3 is 2.47 bits per heavy atom. The Morgan fingerprint density at radius 1 is 1.24 bits per heavy atom. The van der Waals surface area contributed by atoms with E-state index in [1.165, 1.54) is 44.9 Å². The maximum atomic E-state index is 11.0. The van der Waals surface area contributed by atoms with E-state index in [9.17, 15) is 4.79 Å². The highest BCUT2D eigenvalue weighted by atomic mass is 16.1. The summed E-state index contributed by atoms with van der Waals surface area (Å²) in [4.78, 5) is 11.0. The highest BCUT2D eigenvalue weighted by molar-refractivity contribution is 5.80. The molecule has 0 spiro atoms. The van der Waals surface area contributed by atoms with Gasteiger partial charge in [-0.1, -0.05) is 51.9 Å². The molecule has 0 aliphatic heterocycles. The van der Waals surface area contributed by atoms with Crippen LogP contribution in [0.4, 0.5) is 0 Å². The number of hydrogen-bond donors (Lipinski definition) is 1. The highest BCUT2D eigenvalue weighted by Crippen LogP contribution is 2.31. The number of Topliss-reactive ketones (excluding diaryl/α,β-unsaturated/α-hetero) is 1. The molecule has 0 aromatic heterocycles. The summed E-state index contributed by atoms with van der Waals surface area (Å²) in [6, 6.07) is -0.229. The Kier molecular flexibility index (Phi) is 6.79. The maximum absolute atomic E-state index is 11.0. The molecule has 0 radical (unpaired) electrons. The van der Waals surface area contributed by atoms with Crippen LogP contribution in [0.15, 0.2) is 0 Å². The fourth-order valence-electron chi connectivity index (χ4n) is 2.52. The van der Waals surface area contributed by atoms with Crippen molar-refractivity contribution in [2.24, 2.45) is 17.6 Å². The van der Waals surface area contributed by atoms with Crippen LogP contribution in [-0.2, 0) is 4.79 Å². The van der Waals surface area contributed by atoms with Gasteiger partial charge in [-0.3, -0.25) is 4.79 Å². The minimum Gasteiger partial charge on any atom is -0.322 e. The third-order valence-electron chi connectivity index (χ3n) is 4.28. The van der Waals surface area contributed by atoms with E-state index < -0.39 is 0 Å². The molecule has 1 fully saturated rings. The van der Waals surface area contributed by atoms with Gasteiger partial charge in [0.1, 0.15) is 5.78 Å². The lowest BCUT2D eigenvalue weighted by molar-refractivity contribution is -0.118. The van der Waals surface area contributed by atoms with Crippen LogP contribution in [0.2, 0.25) is 0 Å². The first-order chi connectivity index (χ1) is 8.09. The lowest BCUT2D eigenvalue weighted by Gasteiger charge is -2.25. The first-order valence-corrected chi connectivity index (χ1v) is 7.35. The van der Waals surface area contributed by atoms with Gasteiger partial charge in [-0.2, -0.15) is 0 Å². The van der Waals surface area contributed by atoms with Gasteiger partial charge in [0.2, 0.25) is 0 Å². The molecule has 2 nitrogen and oxygen atoms in total. The van der Waals surface area contributed by atoms with Gasteiger partial charge in [0.25, 0.3) is 0 Å². The zero-order chi connectivity index (χ0) is 12.7. The standard InChI is InChI=1S/C15H29NO/c1-12(10-11-15(16)13(2)17)6-3-4-7-14-8-5-9-14/h12,14-15H,3-11,16H2,1-2H3/t12-,15-/m0/s1. The molecule has 0 heterocycles. The van der Waals surface area contributed by atoms with Crippen LogP contribution in [0.5, 0.6) is 0 Å². The van der Waals surface area contributed by atoms with Gasteiger partial charge >= 0.3 is 0 Å². The monoisotopic (exact) mass is 239 g/mol. The zero-order valence-corrected chi connectivity index (χ0v) is 11.6. The van der Waals surface area contributed by atoms with Crippen LogP contribution in [0.1, 0.15) is 71.6 Å². The molecule has 1 aliphatic carbocycles. The lowest BCUT2D eigenvalue weighted by atomic mass is 9.81.